The summed E-state index contributed by atoms with van der Waals surface area (Å²) in [5, 5.41) is 13.8. The quantitative estimate of drug-likeness (QED) is 0.0388. The summed E-state index contributed by atoms with van der Waals surface area (Å²) in [4.78, 5) is 81.3. The van der Waals surface area contributed by atoms with E-state index >= 15 is 0 Å². The molecule has 0 saturated carbocycles. The molecule has 19 N–H and O–H groups in total. The highest BCUT2D eigenvalue weighted by atomic mass is 16.2. The fourth-order valence-corrected chi connectivity index (χ4v) is 5.50. The van der Waals surface area contributed by atoms with Crippen molar-refractivity contribution in [3.8, 4) is 0 Å². The Hall–Kier alpha value is -5.66. The highest BCUT2D eigenvalue weighted by Crippen LogP contribution is 2.11. The van der Waals surface area contributed by atoms with Crippen molar-refractivity contribution in [3.05, 3.63) is 35.9 Å². The van der Waals surface area contributed by atoms with E-state index in [1.54, 1.807) is 24.3 Å². The first-order valence-corrected chi connectivity index (χ1v) is 17.7. The Morgan fingerprint density at radius 2 is 0.792 bits per heavy atom. The van der Waals surface area contributed by atoms with Gasteiger partial charge in [0.15, 0.2) is 17.9 Å². The van der Waals surface area contributed by atoms with Crippen LogP contribution in [0.2, 0.25) is 0 Å². The van der Waals surface area contributed by atoms with Gasteiger partial charge in [0.25, 0.3) is 0 Å². The fourth-order valence-electron chi connectivity index (χ4n) is 5.50. The molecule has 0 aliphatic carbocycles. The molecule has 20 nitrogen and oxygen atoms in total. The van der Waals surface area contributed by atoms with Gasteiger partial charge in [-0.15, -0.1) is 0 Å². The van der Waals surface area contributed by atoms with E-state index in [1.165, 1.54) is 0 Å². The second-order valence-electron chi connectivity index (χ2n) is 12.6. The summed E-state index contributed by atoms with van der Waals surface area (Å²) in [5.41, 5.74) is 39.2. The van der Waals surface area contributed by atoms with Gasteiger partial charge in [-0.25, -0.2) is 0 Å². The molecule has 2 rings (SSSR count). The molecule has 0 unspecified atom stereocenters. The summed E-state index contributed by atoms with van der Waals surface area (Å²) in [6, 6.07) is 3.23. The summed E-state index contributed by atoms with van der Waals surface area (Å²) in [7, 11) is 0. The Balaban J connectivity index is 2.61. The lowest BCUT2D eigenvalue weighted by molar-refractivity contribution is -0.134. The van der Waals surface area contributed by atoms with Crippen molar-refractivity contribution >= 4 is 47.4 Å². The lowest BCUT2D eigenvalue weighted by atomic mass is 10.0. The maximum atomic E-state index is 14.0. The zero-order valence-corrected chi connectivity index (χ0v) is 30.1. The van der Waals surface area contributed by atoms with Crippen molar-refractivity contribution in [2.75, 3.05) is 26.2 Å². The Morgan fingerprint density at radius 3 is 1.13 bits per heavy atom. The second-order valence-corrected chi connectivity index (χ2v) is 12.6. The van der Waals surface area contributed by atoms with Crippen LogP contribution < -0.4 is 66.7 Å². The van der Waals surface area contributed by atoms with Crippen LogP contribution in [0.25, 0.3) is 0 Å². The van der Waals surface area contributed by atoms with Crippen LogP contribution in [0.1, 0.15) is 63.4 Å². The fraction of sp³-hybridized carbons (Fsp3) is 0.576. The lowest BCUT2D eigenvalue weighted by Gasteiger charge is -2.26. The van der Waals surface area contributed by atoms with Crippen LogP contribution in [-0.4, -0.2) is 104 Å². The van der Waals surface area contributed by atoms with Crippen molar-refractivity contribution in [1.82, 2.24) is 26.6 Å². The molecule has 1 heterocycles. The largest absolute Gasteiger partial charge is 0.370 e. The monoisotopic (exact) mass is 743 g/mol. The van der Waals surface area contributed by atoms with Crippen LogP contribution in [0.15, 0.2) is 45.3 Å². The number of nitrogens with one attached hydrogen (secondary N) is 5. The van der Waals surface area contributed by atoms with Gasteiger partial charge in [0, 0.05) is 26.1 Å². The summed E-state index contributed by atoms with van der Waals surface area (Å²) in [6.45, 7) is 0.853. The highest BCUT2D eigenvalue weighted by Gasteiger charge is 2.34. The van der Waals surface area contributed by atoms with Crippen LogP contribution in [-0.2, 0) is 30.4 Å². The van der Waals surface area contributed by atoms with E-state index in [0.717, 1.165) is 5.56 Å². The number of amides is 5. The summed E-state index contributed by atoms with van der Waals surface area (Å²) in [6.07, 6.45) is 2.43. The smallest absolute Gasteiger partial charge is 0.243 e. The molecule has 0 spiro atoms. The van der Waals surface area contributed by atoms with Gasteiger partial charge in [-0.3, -0.25) is 38.9 Å². The number of aliphatic imine (C=N–C) groups is 3. The van der Waals surface area contributed by atoms with Crippen LogP contribution in [0.4, 0.5) is 0 Å². The van der Waals surface area contributed by atoms with Crippen molar-refractivity contribution in [2.24, 2.45) is 55.1 Å². The molecule has 1 aromatic rings. The SMILES string of the molecule is NCCCC[C@@H]1NC(=O)[C@@H](CCCN=C(N)N)NC(=O)[C@H](Cc2ccccc2)NC(=O)[C@H](CCCN=C(N)N)NC(=O)[C@H](CCCN=C(N)N)NC1=O. The molecule has 5 amide bonds. The predicted octanol–water partition coefficient (Wildman–Crippen LogP) is -4.04. The maximum Gasteiger partial charge on any atom is 0.243 e. The van der Waals surface area contributed by atoms with Crippen LogP contribution in [0, 0.1) is 0 Å². The van der Waals surface area contributed by atoms with Crippen LogP contribution in [0.3, 0.4) is 0 Å². The number of guanidine groups is 3. The van der Waals surface area contributed by atoms with Crippen LogP contribution >= 0.6 is 0 Å². The number of rotatable bonds is 18. The summed E-state index contributed by atoms with van der Waals surface area (Å²) in [5.74, 6) is -3.71. The number of benzene rings is 1. The number of nitrogens with two attached hydrogens (primary N) is 7. The summed E-state index contributed by atoms with van der Waals surface area (Å²) >= 11 is 0. The molecule has 1 aliphatic heterocycles. The lowest BCUT2D eigenvalue weighted by Crippen LogP contribution is -2.58. The van der Waals surface area contributed by atoms with Crippen molar-refractivity contribution < 1.29 is 24.0 Å². The van der Waals surface area contributed by atoms with Crippen molar-refractivity contribution in [1.29, 1.82) is 0 Å². The van der Waals surface area contributed by atoms with E-state index in [9.17, 15) is 24.0 Å². The van der Waals surface area contributed by atoms with E-state index < -0.39 is 59.7 Å². The Bertz CT molecular complexity index is 1430. The second kappa shape index (κ2) is 23.7. The summed E-state index contributed by atoms with van der Waals surface area (Å²) < 4.78 is 0. The van der Waals surface area contributed by atoms with Gasteiger partial charge < -0.3 is 66.7 Å². The number of nitrogens with zero attached hydrogens (tertiary/aromatic N) is 3. The average Bonchev–Trinajstić information content (AvgIpc) is 3.10. The molecule has 5 atom stereocenters. The molecule has 0 bridgehead atoms. The first-order chi connectivity index (χ1) is 25.3. The van der Waals surface area contributed by atoms with Gasteiger partial charge in [-0.05, 0) is 69.9 Å². The molecule has 1 aliphatic rings. The van der Waals surface area contributed by atoms with Crippen molar-refractivity contribution in [2.45, 2.75) is 94.4 Å². The molecule has 20 heteroatoms. The molecular weight excluding hydrogens is 686 g/mol. The molecule has 1 fully saturated rings. The number of hydrogen-bond acceptors (Lipinski definition) is 9. The van der Waals surface area contributed by atoms with E-state index in [4.69, 9.17) is 40.1 Å². The van der Waals surface area contributed by atoms with E-state index in [2.05, 4.69) is 41.6 Å². The minimum atomic E-state index is -1.17. The first-order valence-electron chi connectivity index (χ1n) is 17.7. The third kappa shape index (κ3) is 17.4. The Labute approximate surface area is 309 Å². The van der Waals surface area contributed by atoms with E-state index in [0.29, 0.717) is 25.8 Å². The average molecular weight is 744 g/mol. The first kappa shape index (κ1) is 43.5. The third-order valence-corrected chi connectivity index (χ3v) is 8.23. The van der Waals surface area contributed by atoms with Gasteiger partial charge in [-0.1, -0.05) is 30.3 Å². The van der Waals surface area contributed by atoms with Crippen molar-refractivity contribution in [3.63, 3.8) is 0 Å². The minimum Gasteiger partial charge on any atom is -0.370 e. The van der Waals surface area contributed by atoms with Gasteiger partial charge >= 0.3 is 0 Å². The standard InChI is InChI=1S/C33H57N15O5/c34-15-5-4-11-21-26(49)45-22(12-6-16-41-31(35)36)27(50)46-24(14-8-18-43-33(39)40)29(52)48-25(19-20-9-2-1-3-10-20)30(53)47-23(28(51)44-21)13-7-17-42-32(37)38/h1-3,9-10,21-25H,4-8,11-19,34H2,(H,44,51)(H,45,49)(H,46,50)(H,47,53)(H,48,52)(H4,35,36,41)(H4,37,38,42)(H4,39,40,43)/t21-,22-,23+,24-,25-/m0/s1. The molecule has 0 radical (unpaired) electrons. The molecule has 0 aromatic heterocycles. The third-order valence-electron chi connectivity index (χ3n) is 8.23. The van der Waals surface area contributed by atoms with Gasteiger partial charge in [0.1, 0.15) is 30.2 Å². The molecule has 1 aromatic carbocycles. The molecule has 294 valence electrons. The molecule has 53 heavy (non-hydrogen) atoms. The van der Waals surface area contributed by atoms with E-state index in [-0.39, 0.29) is 82.5 Å². The number of unbranched alkanes of at least 4 members (excludes halogenated alkanes) is 1. The Morgan fingerprint density at radius 1 is 0.472 bits per heavy atom. The minimum absolute atomic E-state index is 0.0601. The number of carbonyl (C=O) groups excluding carboxylic acids is 5. The predicted molar refractivity (Wildman–Crippen MR) is 202 cm³/mol. The van der Waals surface area contributed by atoms with Gasteiger partial charge in [-0.2, -0.15) is 0 Å². The normalized spacial score (nSPS) is 21.3. The van der Waals surface area contributed by atoms with Gasteiger partial charge in [0.2, 0.25) is 29.5 Å². The molecular formula is C33H57N15O5. The molecule has 1 saturated heterocycles. The number of hydrogen-bond donors (Lipinski definition) is 12. The van der Waals surface area contributed by atoms with Crippen LogP contribution in [0.5, 0.6) is 0 Å². The van der Waals surface area contributed by atoms with E-state index in [1.807, 2.05) is 6.07 Å². The highest BCUT2D eigenvalue weighted by molar-refractivity contribution is 5.98. The Kier molecular flexibility index (Phi) is 19.5. The van der Waals surface area contributed by atoms with Gasteiger partial charge in [0.05, 0.1) is 0 Å². The maximum absolute atomic E-state index is 14.0. The zero-order valence-electron chi connectivity index (χ0n) is 30.1. The zero-order chi connectivity index (χ0) is 39.2. The number of carbonyl (C=O) groups is 5. The topological polar surface area (TPSA) is 365 Å².